The van der Waals surface area contributed by atoms with Gasteiger partial charge in [-0.3, -0.25) is 9.52 Å². The van der Waals surface area contributed by atoms with Gasteiger partial charge in [-0.2, -0.15) is 0 Å². The van der Waals surface area contributed by atoms with E-state index in [2.05, 4.69) is 15.0 Å². The Hall–Kier alpha value is -2.71. The first-order chi connectivity index (χ1) is 12.9. The van der Waals surface area contributed by atoms with Crippen LogP contribution in [-0.4, -0.2) is 25.9 Å². The number of benzene rings is 2. The number of carbonyl (C=O) groups excluding carboxylic acids is 1. The second-order valence-electron chi connectivity index (χ2n) is 5.89. The van der Waals surface area contributed by atoms with Crippen LogP contribution in [0.2, 0.25) is 0 Å². The minimum atomic E-state index is -3.70. The van der Waals surface area contributed by atoms with Gasteiger partial charge >= 0.3 is 0 Å². The monoisotopic (exact) mass is 401 g/mol. The fourth-order valence-electron chi connectivity index (χ4n) is 2.45. The lowest BCUT2D eigenvalue weighted by atomic mass is 10.1. The number of anilines is 1. The number of hydrogen-bond acceptors (Lipinski definition) is 5. The Morgan fingerprint density at radius 3 is 2.44 bits per heavy atom. The number of nitrogens with zero attached hydrogens (tertiary/aromatic N) is 1. The molecule has 0 fully saturated rings. The van der Waals surface area contributed by atoms with Gasteiger partial charge in [0.05, 0.1) is 10.6 Å². The Morgan fingerprint density at radius 2 is 1.78 bits per heavy atom. The Labute approximate surface area is 162 Å². The van der Waals surface area contributed by atoms with Crippen LogP contribution in [0.5, 0.6) is 0 Å². The summed E-state index contributed by atoms with van der Waals surface area (Å²) in [5.41, 5.74) is 2.61. The molecule has 0 spiro atoms. The third-order valence-corrected chi connectivity index (χ3v) is 6.06. The topological polar surface area (TPSA) is 88.2 Å². The van der Waals surface area contributed by atoms with Gasteiger partial charge in [0.15, 0.2) is 5.13 Å². The summed E-state index contributed by atoms with van der Waals surface area (Å²) in [5.74, 6) is -0.0864. The summed E-state index contributed by atoms with van der Waals surface area (Å²) in [5, 5.41) is 4.85. The molecule has 0 aliphatic rings. The van der Waals surface area contributed by atoms with Crippen LogP contribution >= 0.6 is 11.3 Å². The van der Waals surface area contributed by atoms with E-state index in [9.17, 15) is 13.2 Å². The lowest BCUT2D eigenvalue weighted by Crippen LogP contribution is -2.22. The lowest BCUT2D eigenvalue weighted by molar-refractivity contribution is -0.118. The molecule has 1 heterocycles. The molecule has 1 aromatic heterocycles. The summed E-state index contributed by atoms with van der Waals surface area (Å²) in [4.78, 5) is 15.4. The highest BCUT2D eigenvalue weighted by Gasteiger charge is 2.16. The van der Waals surface area contributed by atoms with Crippen molar-refractivity contribution in [2.75, 3.05) is 11.3 Å². The van der Waals surface area contributed by atoms with Gasteiger partial charge in [-0.05, 0) is 24.1 Å². The highest BCUT2D eigenvalue weighted by molar-refractivity contribution is 7.93. The van der Waals surface area contributed by atoms with Gasteiger partial charge in [0, 0.05) is 24.4 Å². The molecule has 0 bridgehead atoms. The van der Waals surface area contributed by atoms with Crippen LogP contribution in [-0.2, 0) is 21.2 Å². The average Bonchev–Trinajstić information content (AvgIpc) is 3.10. The van der Waals surface area contributed by atoms with Crippen LogP contribution in [0, 0.1) is 0 Å². The van der Waals surface area contributed by atoms with Crippen molar-refractivity contribution in [3.8, 4) is 11.3 Å². The van der Waals surface area contributed by atoms with E-state index in [1.807, 2.05) is 35.7 Å². The molecule has 0 atom stereocenters. The Kier molecular flexibility index (Phi) is 5.88. The van der Waals surface area contributed by atoms with E-state index in [1.54, 1.807) is 24.3 Å². The molecule has 8 heteroatoms. The van der Waals surface area contributed by atoms with Gasteiger partial charge in [-0.25, -0.2) is 13.4 Å². The summed E-state index contributed by atoms with van der Waals surface area (Å²) < 4.78 is 27.6. The number of carbonyl (C=O) groups is 1. The van der Waals surface area contributed by atoms with E-state index in [-0.39, 0.29) is 10.8 Å². The first kappa shape index (κ1) is 19.1. The van der Waals surface area contributed by atoms with Crippen molar-refractivity contribution in [1.29, 1.82) is 0 Å². The predicted molar refractivity (Wildman–Crippen MR) is 107 cm³/mol. The van der Waals surface area contributed by atoms with Crippen molar-refractivity contribution in [2.24, 2.45) is 0 Å². The molecule has 0 radical (unpaired) electrons. The Morgan fingerprint density at radius 1 is 1.07 bits per heavy atom. The predicted octanol–water partition coefficient (Wildman–Crippen LogP) is 3.29. The molecule has 3 aromatic rings. The quantitative estimate of drug-likeness (QED) is 0.636. The van der Waals surface area contributed by atoms with Gasteiger partial charge in [-0.15, -0.1) is 11.3 Å². The van der Waals surface area contributed by atoms with Crippen LogP contribution < -0.4 is 10.0 Å². The zero-order chi connectivity index (χ0) is 19.3. The van der Waals surface area contributed by atoms with Gasteiger partial charge < -0.3 is 5.32 Å². The Bertz CT molecular complexity index is 1010. The van der Waals surface area contributed by atoms with Gasteiger partial charge in [0.25, 0.3) is 10.0 Å². The van der Waals surface area contributed by atoms with Gasteiger partial charge in [-0.1, -0.05) is 42.5 Å². The van der Waals surface area contributed by atoms with E-state index in [4.69, 9.17) is 0 Å². The van der Waals surface area contributed by atoms with Crippen LogP contribution in [0.1, 0.15) is 12.5 Å². The number of aromatic nitrogens is 1. The largest absolute Gasteiger partial charge is 0.356 e. The maximum absolute atomic E-state index is 12.6. The maximum Gasteiger partial charge on any atom is 0.263 e. The molecule has 140 valence electrons. The molecule has 1 amide bonds. The molecular weight excluding hydrogens is 382 g/mol. The first-order valence-electron chi connectivity index (χ1n) is 8.31. The van der Waals surface area contributed by atoms with Crippen LogP contribution in [0.25, 0.3) is 11.3 Å². The van der Waals surface area contributed by atoms with Crippen LogP contribution in [0.15, 0.2) is 64.9 Å². The number of nitrogens with one attached hydrogen (secondary N) is 2. The smallest absolute Gasteiger partial charge is 0.263 e. The van der Waals surface area contributed by atoms with Gasteiger partial charge in [0.2, 0.25) is 5.91 Å². The van der Waals surface area contributed by atoms with Crippen molar-refractivity contribution in [3.63, 3.8) is 0 Å². The average molecular weight is 402 g/mol. The Balaban J connectivity index is 1.68. The van der Waals surface area contributed by atoms with Crippen molar-refractivity contribution >= 4 is 32.4 Å². The summed E-state index contributed by atoms with van der Waals surface area (Å²) in [6, 6.07) is 16.2. The molecule has 0 saturated heterocycles. The fraction of sp³-hybridized carbons (Fsp3) is 0.158. The summed E-state index contributed by atoms with van der Waals surface area (Å²) in [6.07, 6.45) is 0.639. The molecule has 27 heavy (non-hydrogen) atoms. The third-order valence-electron chi connectivity index (χ3n) is 3.82. The molecule has 0 saturated carbocycles. The standard InChI is InChI=1S/C19H19N3O3S2/c1-14(23)20-12-11-15-7-9-17(10-8-15)27(24,25)22-19-21-18(13-26-19)16-5-3-2-4-6-16/h2-10,13H,11-12H2,1H3,(H,20,23)(H,21,22). The second kappa shape index (κ2) is 8.32. The van der Waals surface area contributed by atoms with Crippen LogP contribution in [0.4, 0.5) is 5.13 Å². The number of amides is 1. The fourth-order valence-corrected chi connectivity index (χ4v) is 4.43. The van der Waals surface area contributed by atoms with Crippen molar-refractivity contribution < 1.29 is 13.2 Å². The number of hydrogen-bond donors (Lipinski definition) is 2. The lowest BCUT2D eigenvalue weighted by Gasteiger charge is -2.07. The third kappa shape index (κ3) is 5.15. The maximum atomic E-state index is 12.6. The molecule has 6 nitrogen and oxygen atoms in total. The molecular formula is C19H19N3O3S2. The van der Waals surface area contributed by atoms with E-state index in [0.29, 0.717) is 18.1 Å². The first-order valence-corrected chi connectivity index (χ1v) is 10.7. The highest BCUT2D eigenvalue weighted by Crippen LogP contribution is 2.26. The van der Waals surface area contributed by atoms with Crippen LogP contribution in [0.3, 0.4) is 0 Å². The zero-order valence-corrected chi connectivity index (χ0v) is 16.3. The van der Waals surface area contributed by atoms with Gasteiger partial charge in [0.1, 0.15) is 0 Å². The highest BCUT2D eigenvalue weighted by atomic mass is 32.2. The molecule has 2 N–H and O–H groups in total. The van der Waals surface area contributed by atoms with E-state index in [0.717, 1.165) is 16.8 Å². The summed E-state index contributed by atoms with van der Waals surface area (Å²) >= 11 is 1.24. The van der Waals surface area contributed by atoms with Crippen molar-refractivity contribution in [3.05, 3.63) is 65.5 Å². The number of rotatable bonds is 7. The van der Waals surface area contributed by atoms with Crippen molar-refractivity contribution in [1.82, 2.24) is 10.3 Å². The second-order valence-corrected chi connectivity index (χ2v) is 8.43. The SMILES string of the molecule is CC(=O)NCCc1ccc(S(=O)(=O)Nc2nc(-c3ccccc3)cs2)cc1. The summed E-state index contributed by atoms with van der Waals surface area (Å²) in [7, 11) is -3.70. The minimum Gasteiger partial charge on any atom is -0.356 e. The molecule has 0 aliphatic carbocycles. The molecule has 3 rings (SSSR count). The number of thiazole rings is 1. The van der Waals surface area contributed by atoms with E-state index >= 15 is 0 Å². The van der Waals surface area contributed by atoms with Crippen molar-refractivity contribution in [2.45, 2.75) is 18.2 Å². The molecule has 2 aromatic carbocycles. The normalized spacial score (nSPS) is 11.1. The molecule has 0 aliphatic heterocycles. The van der Waals surface area contributed by atoms with E-state index in [1.165, 1.54) is 18.3 Å². The zero-order valence-electron chi connectivity index (χ0n) is 14.7. The molecule has 0 unspecified atom stereocenters. The number of sulfonamides is 1. The summed E-state index contributed by atoms with van der Waals surface area (Å²) in [6.45, 7) is 1.98. The van der Waals surface area contributed by atoms with E-state index < -0.39 is 10.0 Å². The minimum absolute atomic E-state index is 0.0864.